The highest BCUT2D eigenvalue weighted by Crippen LogP contribution is 2.20. The summed E-state index contributed by atoms with van der Waals surface area (Å²) in [7, 11) is 0. The van der Waals surface area contributed by atoms with Gasteiger partial charge in [-0.3, -0.25) is 4.68 Å². The topological polar surface area (TPSA) is 73.7 Å². The maximum Gasteiger partial charge on any atom is 0.410 e. The molecule has 1 fully saturated rings. The van der Waals surface area contributed by atoms with E-state index in [4.69, 9.17) is 9.47 Å². The maximum atomic E-state index is 12.3. The van der Waals surface area contributed by atoms with Crippen LogP contribution in [0.4, 0.5) is 4.79 Å². The van der Waals surface area contributed by atoms with Crippen molar-refractivity contribution in [1.82, 2.24) is 14.7 Å². The predicted octanol–water partition coefficient (Wildman–Crippen LogP) is 2.61. The zero-order chi connectivity index (χ0) is 18.1. The van der Waals surface area contributed by atoms with Gasteiger partial charge in [-0.05, 0) is 47.6 Å². The number of carbonyl (C=O) groups is 2. The summed E-state index contributed by atoms with van der Waals surface area (Å²) < 4.78 is 12.6. The van der Waals surface area contributed by atoms with Gasteiger partial charge in [0, 0.05) is 18.7 Å². The van der Waals surface area contributed by atoms with E-state index in [1.165, 1.54) is 0 Å². The first-order valence-corrected chi connectivity index (χ1v) is 8.28. The summed E-state index contributed by atoms with van der Waals surface area (Å²) in [4.78, 5) is 26.0. The summed E-state index contributed by atoms with van der Waals surface area (Å²) in [5, 5.41) is 4.32. The summed E-state index contributed by atoms with van der Waals surface area (Å²) in [5.74, 6) is -0.336. The third-order valence-corrected chi connectivity index (χ3v) is 3.83. The lowest BCUT2D eigenvalue weighted by molar-refractivity contribution is -0.152. The first-order valence-electron chi connectivity index (χ1n) is 8.28. The van der Waals surface area contributed by atoms with Crippen LogP contribution in [-0.4, -0.2) is 51.5 Å². The summed E-state index contributed by atoms with van der Waals surface area (Å²) in [6.07, 6.45) is -0.0495. The number of likely N-dealkylation sites (tertiary alicyclic amines) is 1. The van der Waals surface area contributed by atoms with Crippen molar-refractivity contribution in [3.8, 4) is 0 Å². The van der Waals surface area contributed by atoms with Gasteiger partial charge in [-0.1, -0.05) is 0 Å². The molecule has 1 saturated heterocycles. The van der Waals surface area contributed by atoms with Crippen LogP contribution in [0.2, 0.25) is 0 Å². The molecule has 1 amide bonds. The number of carbonyl (C=O) groups excluding carboxylic acids is 2. The Balaban J connectivity index is 1.89. The maximum absolute atomic E-state index is 12.3. The van der Waals surface area contributed by atoms with E-state index < -0.39 is 11.6 Å². The third-order valence-electron chi connectivity index (χ3n) is 3.83. The molecule has 2 heterocycles. The lowest BCUT2D eigenvalue weighted by Crippen LogP contribution is -2.36. The highest BCUT2D eigenvalue weighted by Gasteiger charge is 2.33. The van der Waals surface area contributed by atoms with E-state index in [0.29, 0.717) is 19.5 Å². The van der Waals surface area contributed by atoms with Crippen LogP contribution < -0.4 is 0 Å². The van der Waals surface area contributed by atoms with E-state index >= 15 is 0 Å². The first-order chi connectivity index (χ1) is 11.1. The number of esters is 1. The van der Waals surface area contributed by atoms with Crippen molar-refractivity contribution in [2.45, 2.75) is 65.7 Å². The molecular weight excluding hydrogens is 310 g/mol. The lowest BCUT2D eigenvalue weighted by atomic mass is 10.2. The largest absolute Gasteiger partial charge is 0.459 e. The number of rotatable bonds is 3. The molecule has 0 bridgehead atoms. The second kappa shape index (κ2) is 6.83. The second-order valence-electron chi connectivity index (χ2n) is 7.32. The number of ether oxygens (including phenoxy) is 2. The molecule has 2 atom stereocenters. The van der Waals surface area contributed by atoms with E-state index in [2.05, 4.69) is 5.10 Å². The van der Waals surface area contributed by atoms with Crippen molar-refractivity contribution >= 4 is 12.1 Å². The fourth-order valence-electron chi connectivity index (χ4n) is 2.72. The smallest absolute Gasteiger partial charge is 0.410 e. The van der Waals surface area contributed by atoms with Gasteiger partial charge in [0.15, 0.2) is 0 Å². The highest BCUT2D eigenvalue weighted by atomic mass is 16.6. The van der Waals surface area contributed by atoms with Gasteiger partial charge in [0.25, 0.3) is 0 Å². The standard InChI is InChI=1S/C17H27N3O4/c1-11-9-12(2)20(18-11)13(3)15(21)23-14-7-8-19(10-14)16(22)24-17(4,5)6/h9,13-14H,7-8,10H2,1-6H3/t13-,14+/m1/s1. The van der Waals surface area contributed by atoms with Gasteiger partial charge in [-0.25, -0.2) is 9.59 Å². The Morgan fingerprint density at radius 3 is 2.54 bits per heavy atom. The summed E-state index contributed by atoms with van der Waals surface area (Å²) in [6.45, 7) is 11.9. The molecule has 1 aliphatic rings. The Bertz CT molecular complexity index is 618. The van der Waals surface area contributed by atoms with Crippen LogP contribution in [-0.2, 0) is 14.3 Å². The average Bonchev–Trinajstić information content (AvgIpc) is 3.02. The van der Waals surface area contributed by atoms with E-state index in [1.807, 2.05) is 40.7 Å². The SMILES string of the molecule is Cc1cc(C)n([C@H](C)C(=O)O[C@H]2CCN(C(=O)OC(C)(C)C)C2)n1. The lowest BCUT2D eigenvalue weighted by Gasteiger charge is -2.24. The average molecular weight is 337 g/mol. The summed E-state index contributed by atoms with van der Waals surface area (Å²) >= 11 is 0. The molecular formula is C17H27N3O4. The summed E-state index contributed by atoms with van der Waals surface area (Å²) in [6, 6.07) is 1.43. The molecule has 2 rings (SSSR count). The van der Waals surface area contributed by atoms with E-state index in [0.717, 1.165) is 11.4 Å². The highest BCUT2D eigenvalue weighted by molar-refractivity contribution is 5.74. The normalized spacial score (nSPS) is 19.2. The summed E-state index contributed by atoms with van der Waals surface area (Å²) in [5.41, 5.74) is 1.25. The monoisotopic (exact) mass is 337 g/mol. The van der Waals surface area contributed by atoms with E-state index in [-0.39, 0.29) is 18.2 Å². The van der Waals surface area contributed by atoms with Crippen LogP contribution >= 0.6 is 0 Å². The van der Waals surface area contributed by atoms with Crippen molar-refractivity contribution < 1.29 is 19.1 Å². The Morgan fingerprint density at radius 1 is 1.33 bits per heavy atom. The molecule has 7 heteroatoms. The number of aryl methyl sites for hydroxylation is 2. The molecule has 1 aromatic rings. The number of hydrogen-bond donors (Lipinski definition) is 0. The van der Waals surface area contributed by atoms with Crippen LogP contribution in [0.3, 0.4) is 0 Å². The number of aromatic nitrogens is 2. The Hall–Kier alpha value is -2.05. The van der Waals surface area contributed by atoms with E-state index in [9.17, 15) is 9.59 Å². The number of amides is 1. The van der Waals surface area contributed by atoms with Crippen LogP contribution in [0.1, 0.15) is 51.5 Å². The quantitative estimate of drug-likeness (QED) is 0.793. The predicted molar refractivity (Wildman–Crippen MR) is 88.7 cm³/mol. The molecule has 0 radical (unpaired) electrons. The minimum atomic E-state index is -0.532. The molecule has 134 valence electrons. The van der Waals surface area contributed by atoms with Gasteiger partial charge in [0.05, 0.1) is 12.2 Å². The van der Waals surface area contributed by atoms with Gasteiger partial charge >= 0.3 is 12.1 Å². The first kappa shape index (κ1) is 18.3. The van der Waals surface area contributed by atoms with Crippen molar-refractivity contribution in [1.29, 1.82) is 0 Å². The Kier molecular flexibility index (Phi) is 5.20. The van der Waals surface area contributed by atoms with Crippen LogP contribution in [0.5, 0.6) is 0 Å². The molecule has 0 unspecified atom stereocenters. The zero-order valence-electron chi connectivity index (χ0n) is 15.3. The molecule has 1 aliphatic heterocycles. The van der Waals surface area contributed by atoms with Gasteiger partial charge in [-0.15, -0.1) is 0 Å². The molecule has 24 heavy (non-hydrogen) atoms. The van der Waals surface area contributed by atoms with Crippen LogP contribution in [0.15, 0.2) is 6.07 Å². The third kappa shape index (κ3) is 4.49. The molecule has 0 spiro atoms. The number of hydrogen-bond acceptors (Lipinski definition) is 5. The fourth-order valence-corrected chi connectivity index (χ4v) is 2.72. The Labute approximate surface area is 142 Å². The minimum Gasteiger partial charge on any atom is -0.459 e. The van der Waals surface area contributed by atoms with Crippen molar-refractivity contribution in [2.75, 3.05) is 13.1 Å². The van der Waals surface area contributed by atoms with Crippen molar-refractivity contribution in [2.24, 2.45) is 0 Å². The fraction of sp³-hybridized carbons (Fsp3) is 0.706. The molecule has 1 aromatic heterocycles. The molecule has 7 nitrogen and oxygen atoms in total. The van der Waals surface area contributed by atoms with Gasteiger partial charge in [0.1, 0.15) is 17.7 Å². The van der Waals surface area contributed by atoms with Crippen LogP contribution in [0.25, 0.3) is 0 Å². The van der Waals surface area contributed by atoms with Gasteiger partial charge in [0.2, 0.25) is 0 Å². The minimum absolute atomic E-state index is 0.301. The molecule has 0 aromatic carbocycles. The molecule has 0 saturated carbocycles. The van der Waals surface area contributed by atoms with Gasteiger partial charge in [-0.2, -0.15) is 5.10 Å². The molecule has 0 N–H and O–H groups in total. The van der Waals surface area contributed by atoms with E-state index in [1.54, 1.807) is 16.5 Å². The van der Waals surface area contributed by atoms with Crippen LogP contribution in [0, 0.1) is 13.8 Å². The van der Waals surface area contributed by atoms with Crippen molar-refractivity contribution in [3.63, 3.8) is 0 Å². The zero-order valence-corrected chi connectivity index (χ0v) is 15.3. The second-order valence-corrected chi connectivity index (χ2v) is 7.32. The van der Waals surface area contributed by atoms with Crippen molar-refractivity contribution in [3.05, 3.63) is 17.5 Å². The van der Waals surface area contributed by atoms with Gasteiger partial charge < -0.3 is 14.4 Å². The molecule has 0 aliphatic carbocycles. The number of nitrogens with zero attached hydrogens (tertiary/aromatic N) is 3. The Morgan fingerprint density at radius 2 is 2.00 bits per heavy atom.